The molecule has 10 heteroatoms. The van der Waals surface area contributed by atoms with Crippen molar-refractivity contribution >= 4 is 59.3 Å². The minimum absolute atomic E-state index is 0. The Labute approximate surface area is 195 Å². The number of hydrogen-bond donors (Lipinski definition) is 2. The monoisotopic (exact) mass is 421 g/mol. The molecule has 0 saturated carbocycles. The van der Waals surface area contributed by atoms with Gasteiger partial charge in [0.15, 0.2) is 6.20 Å². The van der Waals surface area contributed by atoms with E-state index >= 15 is 0 Å². The Balaban J connectivity index is 0.00000256. The van der Waals surface area contributed by atoms with Crippen LogP contribution in [0.1, 0.15) is 19.0 Å². The van der Waals surface area contributed by atoms with Gasteiger partial charge in [-0.1, -0.05) is 6.08 Å². The quantitative estimate of drug-likeness (QED) is 0.345. The Kier molecular flexibility index (Phi) is 6.16. The van der Waals surface area contributed by atoms with E-state index in [1.54, 1.807) is 41.1 Å². The molecular weight excluding hydrogens is 399 g/mol. The zero-order valence-corrected chi connectivity index (χ0v) is 15.8. The Bertz CT molecular complexity index is 1000. The Morgan fingerprint density at radius 3 is 2.67 bits per heavy atom. The number of nitrogens with two attached hydrogens (primary N) is 1. The van der Waals surface area contributed by atoms with Crippen molar-refractivity contribution in [1.82, 2.24) is 9.80 Å². The number of carboxylic acid groups (broad SMARTS) is 1. The number of carboxylic acids is 1. The molecule has 0 aromatic carbocycles. The molecule has 2 saturated heterocycles. The summed E-state index contributed by atoms with van der Waals surface area (Å²) in [7, 11) is 0. The van der Waals surface area contributed by atoms with Gasteiger partial charge in [0.05, 0.1) is 6.04 Å². The van der Waals surface area contributed by atoms with Gasteiger partial charge in [-0.3, -0.25) is 19.3 Å². The van der Waals surface area contributed by atoms with Crippen LogP contribution < -0.4 is 10.3 Å². The number of aromatic nitrogens is 1. The molecule has 30 heavy (non-hydrogen) atoms. The molecule has 2 fully saturated rings. The summed E-state index contributed by atoms with van der Waals surface area (Å²) >= 11 is 0. The van der Waals surface area contributed by atoms with Crippen molar-refractivity contribution in [3.63, 3.8) is 0 Å². The number of primary amides is 1. The summed E-state index contributed by atoms with van der Waals surface area (Å²) in [6.07, 6.45) is 5.54. The predicted octanol–water partition coefficient (Wildman–Crippen LogP) is -1.38. The van der Waals surface area contributed by atoms with Crippen molar-refractivity contribution in [2.24, 2.45) is 11.7 Å². The van der Waals surface area contributed by atoms with Crippen LogP contribution in [0.3, 0.4) is 0 Å². The summed E-state index contributed by atoms with van der Waals surface area (Å²) in [5.41, 5.74) is 6.44. The molecule has 152 valence electrons. The second-order valence-corrected chi connectivity index (χ2v) is 7.51. The Morgan fingerprint density at radius 2 is 2.03 bits per heavy atom. The molecule has 0 spiro atoms. The number of hydrogen-bond acceptors (Lipinski definition) is 4. The van der Waals surface area contributed by atoms with Crippen molar-refractivity contribution in [3.8, 4) is 0 Å². The standard InChI is InChI=1S/C20H20N4O5.Na.H/c1-11(25)23-9-13-8-12(17(20(28)29)24-16(13)18(23)19(24)27)5-6-14-4-2-3-7-22(14)10-15(21)26;;/h2-7,13,16,18H,8-10H2,1H3,(H2-,21,26,28,29);;/p+1/t13-,16-,18+;;/m1../s1. The molecular formula is C20H22N4NaO5+. The fourth-order valence-corrected chi connectivity index (χ4v) is 4.58. The molecule has 0 aliphatic carbocycles. The van der Waals surface area contributed by atoms with Crippen molar-refractivity contribution in [2.75, 3.05) is 6.54 Å². The van der Waals surface area contributed by atoms with Gasteiger partial charge in [-0.25, -0.2) is 4.79 Å². The maximum absolute atomic E-state index is 12.6. The molecule has 0 bridgehead atoms. The molecule has 3 N–H and O–H groups in total. The molecule has 9 nitrogen and oxygen atoms in total. The van der Waals surface area contributed by atoms with E-state index in [1.807, 2.05) is 0 Å². The second-order valence-electron chi connectivity index (χ2n) is 7.51. The third-order valence-corrected chi connectivity index (χ3v) is 5.75. The van der Waals surface area contributed by atoms with E-state index in [4.69, 9.17) is 5.73 Å². The number of β-lactam (4-membered cyclic amide) rings is 1. The molecule has 0 unspecified atom stereocenters. The third-order valence-electron chi connectivity index (χ3n) is 5.75. The zero-order chi connectivity index (χ0) is 20.9. The summed E-state index contributed by atoms with van der Waals surface area (Å²) in [6.45, 7) is 1.85. The van der Waals surface area contributed by atoms with Gasteiger partial charge in [0.2, 0.25) is 18.1 Å². The van der Waals surface area contributed by atoms with Gasteiger partial charge in [-0.2, -0.15) is 4.57 Å². The molecule has 4 rings (SSSR count). The number of allylic oxidation sites excluding steroid dienone is 2. The van der Waals surface area contributed by atoms with Crippen LogP contribution >= 0.6 is 0 Å². The van der Waals surface area contributed by atoms with Gasteiger partial charge in [-0.05, 0) is 18.1 Å². The van der Waals surface area contributed by atoms with E-state index in [1.165, 1.54) is 16.7 Å². The van der Waals surface area contributed by atoms with Gasteiger partial charge in [0, 0.05) is 37.6 Å². The van der Waals surface area contributed by atoms with E-state index in [2.05, 4.69) is 0 Å². The zero-order valence-electron chi connectivity index (χ0n) is 15.8. The molecule has 1 aromatic rings. The molecule has 0 radical (unpaired) electrons. The number of aliphatic carboxylic acids is 1. The van der Waals surface area contributed by atoms with Crippen molar-refractivity contribution in [1.29, 1.82) is 0 Å². The van der Waals surface area contributed by atoms with Crippen LogP contribution in [-0.4, -0.2) is 86.8 Å². The van der Waals surface area contributed by atoms with Crippen LogP contribution in [0.5, 0.6) is 0 Å². The van der Waals surface area contributed by atoms with E-state index in [-0.39, 0.29) is 65.6 Å². The normalized spacial score (nSPS) is 24.4. The fourth-order valence-electron chi connectivity index (χ4n) is 4.58. The van der Waals surface area contributed by atoms with Crippen LogP contribution in [0.25, 0.3) is 6.08 Å². The second kappa shape index (κ2) is 8.33. The third kappa shape index (κ3) is 3.57. The van der Waals surface area contributed by atoms with E-state index in [0.717, 1.165) is 0 Å². The summed E-state index contributed by atoms with van der Waals surface area (Å²) < 4.78 is 1.66. The van der Waals surface area contributed by atoms with Gasteiger partial charge in [0.25, 0.3) is 11.8 Å². The number of amides is 3. The van der Waals surface area contributed by atoms with Gasteiger partial charge in [0.1, 0.15) is 11.7 Å². The van der Waals surface area contributed by atoms with Crippen LogP contribution in [0, 0.1) is 5.92 Å². The molecule has 3 amide bonds. The summed E-state index contributed by atoms with van der Waals surface area (Å²) in [5, 5.41) is 9.75. The number of nitrogens with zero attached hydrogens (tertiary/aromatic N) is 3. The number of pyridine rings is 1. The number of likely N-dealkylation sites (tertiary alicyclic amines) is 1. The number of carbonyl (C=O) groups is 4. The Morgan fingerprint density at radius 1 is 1.30 bits per heavy atom. The minimum atomic E-state index is -1.17. The van der Waals surface area contributed by atoms with Crippen molar-refractivity contribution in [2.45, 2.75) is 32.0 Å². The predicted molar refractivity (Wildman–Crippen MR) is 107 cm³/mol. The van der Waals surface area contributed by atoms with Gasteiger partial charge in [-0.15, -0.1) is 0 Å². The van der Waals surface area contributed by atoms with Crippen molar-refractivity contribution in [3.05, 3.63) is 47.4 Å². The van der Waals surface area contributed by atoms with Gasteiger partial charge >= 0.3 is 35.5 Å². The van der Waals surface area contributed by atoms with Crippen LogP contribution in [0.15, 0.2) is 41.7 Å². The maximum atomic E-state index is 12.6. The topological polar surface area (TPSA) is 125 Å². The van der Waals surface area contributed by atoms with Crippen LogP contribution in [0.2, 0.25) is 0 Å². The first kappa shape index (κ1) is 22.2. The molecule has 3 aliphatic heterocycles. The molecule has 3 atom stereocenters. The summed E-state index contributed by atoms with van der Waals surface area (Å²) in [6, 6.07) is 4.52. The first-order valence-corrected chi connectivity index (χ1v) is 9.31. The summed E-state index contributed by atoms with van der Waals surface area (Å²) in [5.74, 6) is -2.19. The van der Waals surface area contributed by atoms with Crippen LogP contribution in [0.4, 0.5) is 0 Å². The average molecular weight is 421 g/mol. The van der Waals surface area contributed by atoms with E-state index in [9.17, 15) is 24.3 Å². The van der Waals surface area contributed by atoms with E-state index in [0.29, 0.717) is 24.2 Å². The summed E-state index contributed by atoms with van der Waals surface area (Å²) in [4.78, 5) is 50.6. The fraction of sp³-hybridized carbons (Fsp3) is 0.350. The first-order valence-electron chi connectivity index (χ1n) is 9.31. The van der Waals surface area contributed by atoms with Gasteiger partial charge < -0.3 is 15.7 Å². The van der Waals surface area contributed by atoms with Crippen molar-refractivity contribution < 1.29 is 28.9 Å². The number of rotatable bonds is 5. The SMILES string of the molecule is CC(=O)N1C[C@H]2CC(/C=C/c3cccc[n+]3CC(N)=O)=C(C(=O)O)N3C(=O)[C@@H]1[C@@H]23.[NaH]. The molecule has 1 aromatic heterocycles. The van der Waals surface area contributed by atoms with E-state index < -0.39 is 17.9 Å². The Hall–Kier alpha value is -2.49. The number of carbonyl (C=O) groups excluding carboxylic acids is 3. The average Bonchev–Trinajstić information content (AvgIpc) is 3.02. The molecule has 3 aliphatic rings. The molecule has 4 heterocycles. The first-order chi connectivity index (χ1) is 13.8. The van der Waals surface area contributed by atoms with Crippen LogP contribution in [-0.2, 0) is 25.7 Å².